The first-order valence-corrected chi connectivity index (χ1v) is 11.7. The molecule has 0 amide bonds. The van der Waals surface area contributed by atoms with E-state index in [1.165, 1.54) is 12.8 Å². The predicted octanol–water partition coefficient (Wildman–Crippen LogP) is 6.60. The Labute approximate surface area is 187 Å². The Morgan fingerprint density at radius 1 is 1.03 bits per heavy atom. The fourth-order valence-corrected chi connectivity index (χ4v) is 4.86. The molecule has 2 aromatic carbocycles. The minimum Gasteiger partial charge on any atom is -0.481 e. The smallest absolute Gasteiger partial charge is 0.306 e. The molecule has 0 spiro atoms. The fraction of sp³-hybridized carbons (Fsp3) is 0.444. The molecule has 2 atom stereocenters. The summed E-state index contributed by atoms with van der Waals surface area (Å²) in [4.78, 5) is 11.3. The van der Waals surface area contributed by atoms with Crippen LogP contribution in [0.15, 0.2) is 46.9 Å². The van der Waals surface area contributed by atoms with Crippen molar-refractivity contribution in [2.45, 2.75) is 51.6 Å². The van der Waals surface area contributed by atoms with Crippen LogP contribution in [0.1, 0.15) is 49.7 Å². The number of hydrogen-bond acceptors (Lipinski definition) is 3. The zero-order valence-electron chi connectivity index (χ0n) is 18.2. The van der Waals surface area contributed by atoms with Crippen LogP contribution in [0.4, 0.5) is 4.39 Å². The summed E-state index contributed by atoms with van der Waals surface area (Å²) < 4.78 is 26.7. The second-order valence-electron chi connectivity index (χ2n) is 9.53. The summed E-state index contributed by atoms with van der Waals surface area (Å²) >= 11 is 0. The van der Waals surface area contributed by atoms with Crippen molar-refractivity contribution in [2.24, 2.45) is 17.8 Å². The van der Waals surface area contributed by atoms with Gasteiger partial charge in [-0.1, -0.05) is 25.0 Å². The van der Waals surface area contributed by atoms with Crippen LogP contribution in [0.2, 0.25) is 0 Å². The molecule has 3 aromatic rings. The molecule has 0 saturated heterocycles. The van der Waals surface area contributed by atoms with Crippen molar-refractivity contribution in [3.05, 3.63) is 59.4 Å². The number of halogens is 1. The summed E-state index contributed by atoms with van der Waals surface area (Å²) in [5, 5.41) is 10.2. The molecule has 32 heavy (non-hydrogen) atoms. The number of ether oxygens (including phenoxy) is 1. The topological polar surface area (TPSA) is 59.7 Å². The predicted molar refractivity (Wildman–Crippen MR) is 121 cm³/mol. The van der Waals surface area contributed by atoms with Crippen molar-refractivity contribution in [3.8, 4) is 11.3 Å². The largest absolute Gasteiger partial charge is 0.481 e. The normalized spacial score (nSPS) is 21.2. The molecule has 2 unspecified atom stereocenters. The molecule has 4 nitrogen and oxygen atoms in total. The standard InChI is InChI=1S/C27H29FO4/c28-24-13-19(10-18-2-1-3-21(11-18)27(29)30)6-8-23(24)26-14-22-12-20(7-9-25(22)32-26)16-31-15-17-4-5-17/h6-9,12-14,17-18,21H,1-5,10-11,15-16H2,(H,29,30). The number of furan rings is 1. The molecule has 1 heterocycles. The molecule has 0 aliphatic heterocycles. The Morgan fingerprint density at radius 3 is 2.66 bits per heavy atom. The van der Waals surface area contributed by atoms with Gasteiger partial charge in [0.2, 0.25) is 0 Å². The molecule has 5 rings (SSSR count). The van der Waals surface area contributed by atoms with Crippen molar-refractivity contribution in [2.75, 3.05) is 6.61 Å². The molecular formula is C27H29FO4. The van der Waals surface area contributed by atoms with E-state index < -0.39 is 5.97 Å². The van der Waals surface area contributed by atoms with Gasteiger partial charge in [-0.25, -0.2) is 4.39 Å². The molecule has 168 valence electrons. The van der Waals surface area contributed by atoms with Gasteiger partial charge >= 0.3 is 5.97 Å². The molecule has 1 N–H and O–H groups in total. The van der Waals surface area contributed by atoms with E-state index in [1.807, 2.05) is 30.3 Å². The summed E-state index contributed by atoms with van der Waals surface area (Å²) in [7, 11) is 0. The van der Waals surface area contributed by atoms with Crippen LogP contribution in [-0.2, 0) is 22.6 Å². The first-order chi connectivity index (χ1) is 15.5. The maximum absolute atomic E-state index is 15.0. The Hall–Kier alpha value is -2.66. The number of carboxylic acids is 1. The lowest BCUT2D eigenvalue weighted by Crippen LogP contribution is -2.23. The minimum absolute atomic E-state index is 0.266. The van der Waals surface area contributed by atoms with Crippen LogP contribution < -0.4 is 0 Å². The molecule has 2 aliphatic carbocycles. The molecule has 0 radical (unpaired) electrons. The molecule has 5 heteroatoms. The molecule has 0 bridgehead atoms. The van der Waals surface area contributed by atoms with Crippen LogP contribution in [-0.4, -0.2) is 17.7 Å². The van der Waals surface area contributed by atoms with Crippen molar-refractivity contribution in [1.29, 1.82) is 0 Å². The van der Waals surface area contributed by atoms with E-state index in [0.29, 0.717) is 36.7 Å². The Kier molecular flexibility index (Phi) is 6.01. The SMILES string of the molecule is O=C(O)C1CCCC(Cc2ccc(-c3cc4cc(COCC5CC5)ccc4o3)c(F)c2)C1. The monoisotopic (exact) mass is 436 g/mol. The fourth-order valence-electron chi connectivity index (χ4n) is 4.86. The zero-order chi connectivity index (χ0) is 22.1. The van der Waals surface area contributed by atoms with E-state index in [9.17, 15) is 14.3 Å². The number of benzene rings is 2. The molecule has 2 fully saturated rings. The first-order valence-electron chi connectivity index (χ1n) is 11.7. The zero-order valence-corrected chi connectivity index (χ0v) is 18.2. The summed E-state index contributed by atoms with van der Waals surface area (Å²) in [5.74, 6) is 0.267. The number of carbonyl (C=O) groups is 1. The van der Waals surface area contributed by atoms with Crippen molar-refractivity contribution in [1.82, 2.24) is 0 Å². The van der Waals surface area contributed by atoms with Gasteiger partial charge in [0, 0.05) is 12.0 Å². The van der Waals surface area contributed by atoms with Gasteiger partial charge in [0.05, 0.1) is 18.1 Å². The Bertz CT molecular complexity index is 1110. The van der Waals surface area contributed by atoms with E-state index in [4.69, 9.17) is 9.15 Å². The average molecular weight is 437 g/mol. The molecule has 1 aromatic heterocycles. The highest BCUT2D eigenvalue weighted by Gasteiger charge is 2.27. The van der Waals surface area contributed by atoms with E-state index in [-0.39, 0.29) is 11.7 Å². The molecular weight excluding hydrogens is 407 g/mol. The summed E-state index contributed by atoms with van der Waals surface area (Å²) in [5.41, 5.74) is 3.18. The number of aliphatic carboxylic acids is 1. The first kappa shape index (κ1) is 21.2. The van der Waals surface area contributed by atoms with Crippen LogP contribution in [0.3, 0.4) is 0 Å². The second-order valence-corrected chi connectivity index (χ2v) is 9.53. The van der Waals surface area contributed by atoms with Crippen LogP contribution >= 0.6 is 0 Å². The average Bonchev–Trinajstić information content (AvgIpc) is 3.50. The Morgan fingerprint density at radius 2 is 1.88 bits per heavy atom. The van der Waals surface area contributed by atoms with Gasteiger partial charge < -0.3 is 14.3 Å². The van der Waals surface area contributed by atoms with Gasteiger partial charge in [-0.15, -0.1) is 0 Å². The number of rotatable bonds is 8. The third-order valence-electron chi connectivity index (χ3n) is 6.86. The number of fused-ring (bicyclic) bond motifs is 1. The summed E-state index contributed by atoms with van der Waals surface area (Å²) in [6, 6.07) is 13.1. The van der Waals surface area contributed by atoms with E-state index in [2.05, 4.69) is 0 Å². The van der Waals surface area contributed by atoms with E-state index in [1.54, 1.807) is 12.1 Å². The maximum Gasteiger partial charge on any atom is 0.306 e. The third kappa shape index (κ3) is 4.88. The lowest BCUT2D eigenvalue weighted by atomic mass is 9.78. The molecule has 2 aliphatic rings. The van der Waals surface area contributed by atoms with Gasteiger partial charge in [-0.3, -0.25) is 4.79 Å². The lowest BCUT2D eigenvalue weighted by Gasteiger charge is -2.26. The summed E-state index contributed by atoms with van der Waals surface area (Å²) in [6.45, 7) is 1.41. The highest BCUT2D eigenvalue weighted by Crippen LogP contribution is 2.34. The quantitative estimate of drug-likeness (QED) is 0.432. The summed E-state index contributed by atoms with van der Waals surface area (Å²) in [6.07, 6.45) is 6.62. The Balaban J connectivity index is 1.28. The van der Waals surface area contributed by atoms with Crippen LogP contribution in [0, 0.1) is 23.6 Å². The van der Waals surface area contributed by atoms with E-state index >= 15 is 0 Å². The van der Waals surface area contributed by atoms with Crippen LogP contribution in [0.25, 0.3) is 22.3 Å². The minimum atomic E-state index is -0.709. The van der Waals surface area contributed by atoms with Gasteiger partial charge in [0.15, 0.2) is 0 Å². The van der Waals surface area contributed by atoms with Crippen molar-refractivity contribution in [3.63, 3.8) is 0 Å². The number of carboxylic acid groups (broad SMARTS) is 1. The number of hydrogen-bond donors (Lipinski definition) is 1. The van der Waals surface area contributed by atoms with Gasteiger partial charge in [-0.2, -0.15) is 0 Å². The van der Waals surface area contributed by atoms with Crippen LogP contribution in [0.5, 0.6) is 0 Å². The molecule has 2 saturated carbocycles. The maximum atomic E-state index is 15.0. The van der Waals surface area contributed by atoms with Crippen molar-refractivity contribution >= 4 is 16.9 Å². The van der Waals surface area contributed by atoms with E-state index in [0.717, 1.165) is 53.9 Å². The third-order valence-corrected chi connectivity index (χ3v) is 6.86. The second kappa shape index (κ2) is 9.07. The highest BCUT2D eigenvalue weighted by atomic mass is 19.1. The van der Waals surface area contributed by atoms with Crippen molar-refractivity contribution < 1.29 is 23.4 Å². The lowest BCUT2D eigenvalue weighted by molar-refractivity contribution is -0.143. The van der Waals surface area contributed by atoms with Gasteiger partial charge in [0.25, 0.3) is 0 Å². The van der Waals surface area contributed by atoms with Gasteiger partial charge in [0.1, 0.15) is 17.2 Å². The van der Waals surface area contributed by atoms with Gasteiger partial charge in [-0.05, 0) is 85.4 Å². The highest BCUT2D eigenvalue weighted by molar-refractivity contribution is 5.83.